The van der Waals surface area contributed by atoms with Gasteiger partial charge in [-0.2, -0.15) is 18.3 Å². The maximum absolute atomic E-state index is 13.8. The number of sulfonamides is 1. The van der Waals surface area contributed by atoms with Gasteiger partial charge < -0.3 is 18.9 Å². The van der Waals surface area contributed by atoms with E-state index in [0.29, 0.717) is 11.1 Å². The third-order valence-electron chi connectivity index (χ3n) is 5.07. The molecule has 0 saturated heterocycles. The van der Waals surface area contributed by atoms with E-state index in [1.807, 2.05) is 0 Å². The van der Waals surface area contributed by atoms with Crippen molar-refractivity contribution in [2.75, 3.05) is 21.3 Å². The second kappa shape index (κ2) is 7.85. The van der Waals surface area contributed by atoms with E-state index in [4.69, 9.17) is 24.1 Å². The normalized spacial score (nSPS) is 13.1. The van der Waals surface area contributed by atoms with Gasteiger partial charge in [-0.1, -0.05) is 0 Å². The lowest BCUT2D eigenvalue weighted by atomic mass is 9.99. The van der Waals surface area contributed by atoms with Crippen LogP contribution in [0, 0.1) is 0 Å². The highest BCUT2D eigenvalue weighted by Gasteiger charge is 2.43. The van der Waals surface area contributed by atoms with Gasteiger partial charge in [-0.25, -0.2) is 18.2 Å². The van der Waals surface area contributed by atoms with Crippen molar-refractivity contribution >= 4 is 10.0 Å². The number of hydrogen-bond acceptors (Lipinski definition) is 7. The number of halogens is 3. The van der Waals surface area contributed by atoms with Gasteiger partial charge in [-0.15, -0.1) is 0 Å². The van der Waals surface area contributed by atoms with Gasteiger partial charge in [0.25, 0.3) is 0 Å². The second-order valence-corrected chi connectivity index (χ2v) is 8.50. The predicted octanol–water partition coefficient (Wildman–Crippen LogP) is 3.12. The number of aromatic nitrogens is 2. The van der Waals surface area contributed by atoms with E-state index in [0.717, 1.165) is 4.68 Å². The first-order valence-corrected chi connectivity index (χ1v) is 10.8. The number of fused-ring (bicyclic) bond motifs is 3. The molecule has 2 heterocycles. The highest BCUT2D eigenvalue weighted by molar-refractivity contribution is 7.89. The van der Waals surface area contributed by atoms with Crippen LogP contribution in [0.25, 0.3) is 16.9 Å². The number of methoxy groups -OCH3 is 3. The average Bonchev–Trinajstić information content (AvgIpc) is 3.17. The number of nitrogens with two attached hydrogens (primary N) is 1. The summed E-state index contributed by atoms with van der Waals surface area (Å²) in [5.74, 6) is 0.250. The quantitative estimate of drug-likeness (QED) is 0.591. The zero-order chi connectivity index (χ0) is 24.1. The third kappa shape index (κ3) is 3.72. The van der Waals surface area contributed by atoms with Gasteiger partial charge in [-0.05, 0) is 30.3 Å². The Morgan fingerprint density at radius 3 is 2.21 bits per heavy atom. The van der Waals surface area contributed by atoms with Gasteiger partial charge in [0.1, 0.15) is 12.3 Å². The number of rotatable bonds is 5. The SMILES string of the molecule is COc1cc2c(c(OC)c1OC)COc1c(C(F)(F)F)nn(-c3ccc(S(N)(=O)=O)cc3)c1-2. The fourth-order valence-corrected chi connectivity index (χ4v) is 4.16. The van der Waals surface area contributed by atoms with Crippen LogP contribution in [0.4, 0.5) is 13.2 Å². The van der Waals surface area contributed by atoms with E-state index < -0.39 is 27.6 Å². The van der Waals surface area contributed by atoms with E-state index in [9.17, 15) is 21.6 Å². The molecule has 1 aromatic heterocycles. The van der Waals surface area contributed by atoms with E-state index in [-0.39, 0.29) is 40.1 Å². The predicted molar refractivity (Wildman–Crippen MR) is 109 cm³/mol. The highest BCUT2D eigenvalue weighted by Crippen LogP contribution is 2.52. The molecule has 4 rings (SSSR count). The largest absolute Gasteiger partial charge is 0.493 e. The van der Waals surface area contributed by atoms with Crippen LogP contribution in [0.1, 0.15) is 11.3 Å². The molecule has 0 spiro atoms. The van der Waals surface area contributed by atoms with Crippen molar-refractivity contribution < 1.29 is 40.5 Å². The van der Waals surface area contributed by atoms with Gasteiger partial charge in [-0.3, -0.25) is 0 Å². The van der Waals surface area contributed by atoms with Crippen molar-refractivity contribution in [2.24, 2.45) is 5.14 Å². The molecule has 176 valence electrons. The molecule has 2 aromatic carbocycles. The van der Waals surface area contributed by atoms with Crippen LogP contribution in [0.3, 0.4) is 0 Å². The zero-order valence-electron chi connectivity index (χ0n) is 17.6. The smallest absolute Gasteiger partial charge is 0.438 e. The lowest BCUT2D eigenvalue weighted by molar-refractivity contribution is -0.142. The maximum atomic E-state index is 13.8. The van der Waals surface area contributed by atoms with Gasteiger partial charge in [0, 0.05) is 11.1 Å². The molecule has 13 heteroatoms. The van der Waals surface area contributed by atoms with Crippen LogP contribution in [0.15, 0.2) is 35.2 Å². The van der Waals surface area contributed by atoms with E-state index >= 15 is 0 Å². The van der Waals surface area contributed by atoms with E-state index in [2.05, 4.69) is 5.10 Å². The molecule has 9 nitrogen and oxygen atoms in total. The number of primary sulfonamides is 1. The minimum Gasteiger partial charge on any atom is -0.493 e. The fourth-order valence-electron chi connectivity index (χ4n) is 3.64. The van der Waals surface area contributed by atoms with E-state index in [1.165, 1.54) is 51.7 Å². The van der Waals surface area contributed by atoms with Crippen molar-refractivity contribution in [3.8, 4) is 39.9 Å². The Bertz CT molecular complexity index is 1330. The van der Waals surface area contributed by atoms with Gasteiger partial charge in [0.15, 0.2) is 17.2 Å². The zero-order valence-corrected chi connectivity index (χ0v) is 18.4. The number of benzene rings is 2. The Kier molecular flexibility index (Phi) is 5.41. The van der Waals surface area contributed by atoms with Gasteiger partial charge >= 0.3 is 6.18 Å². The van der Waals surface area contributed by atoms with Crippen LogP contribution in [0.5, 0.6) is 23.0 Å². The summed E-state index contributed by atoms with van der Waals surface area (Å²) in [6.07, 6.45) is -4.81. The summed E-state index contributed by atoms with van der Waals surface area (Å²) in [4.78, 5) is -0.201. The molecule has 2 N–H and O–H groups in total. The minimum absolute atomic E-state index is 0.00816. The maximum Gasteiger partial charge on any atom is 0.438 e. The Balaban J connectivity index is 2.03. The van der Waals surface area contributed by atoms with Crippen LogP contribution in [-0.2, 0) is 22.8 Å². The minimum atomic E-state index is -4.81. The number of nitrogens with zero attached hydrogens (tertiary/aromatic N) is 2. The first-order chi connectivity index (χ1) is 15.5. The lowest BCUT2D eigenvalue weighted by Crippen LogP contribution is -2.13. The van der Waals surface area contributed by atoms with E-state index in [1.54, 1.807) is 0 Å². The Labute approximate surface area is 186 Å². The second-order valence-electron chi connectivity index (χ2n) is 6.93. The van der Waals surface area contributed by atoms with Crippen molar-refractivity contribution in [1.82, 2.24) is 9.78 Å². The van der Waals surface area contributed by atoms with Gasteiger partial charge in [0.05, 0.1) is 31.9 Å². The number of ether oxygens (including phenoxy) is 4. The molecule has 0 aliphatic carbocycles. The van der Waals surface area contributed by atoms with Crippen LogP contribution < -0.4 is 24.1 Å². The summed E-state index contributed by atoms with van der Waals surface area (Å²) in [5.41, 5.74) is -0.332. The summed E-state index contributed by atoms with van der Waals surface area (Å²) in [7, 11) is 0.181. The summed E-state index contributed by atoms with van der Waals surface area (Å²) in [5, 5.41) is 8.86. The summed E-state index contributed by atoms with van der Waals surface area (Å²) < 4.78 is 87.2. The first-order valence-electron chi connectivity index (χ1n) is 9.29. The average molecular weight is 485 g/mol. The first kappa shape index (κ1) is 22.7. The molecule has 0 amide bonds. The van der Waals surface area contributed by atoms with Crippen molar-refractivity contribution in [1.29, 1.82) is 0 Å². The van der Waals surface area contributed by atoms with Crippen molar-refractivity contribution in [3.63, 3.8) is 0 Å². The van der Waals surface area contributed by atoms with Crippen molar-refractivity contribution in [2.45, 2.75) is 17.7 Å². The molecule has 0 radical (unpaired) electrons. The molecule has 0 fully saturated rings. The Morgan fingerprint density at radius 2 is 1.70 bits per heavy atom. The molecule has 33 heavy (non-hydrogen) atoms. The number of alkyl halides is 3. The van der Waals surface area contributed by atoms with Crippen LogP contribution in [-0.4, -0.2) is 39.5 Å². The molecular weight excluding hydrogens is 467 g/mol. The summed E-state index contributed by atoms with van der Waals surface area (Å²) in [6, 6.07) is 6.44. The van der Waals surface area contributed by atoms with Crippen molar-refractivity contribution in [3.05, 3.63) is 41.6 Å². The lowest BCUT2D eigenvalue weighted by Gasteiger charge is -2.24. The third-order valence-corrected chi connectivity index (χ3v) is 6.00. The monoisotopic (exact) mass is 485 g/mol. The Hall–Kier alpha value is -3.45. The molecule has 0 atom stereocenters. The topological polar surface area (TPSA) is 115 Å². The molecule has 0 bridgehead atoms. The fraction of sp³-hybridized carbons (Fsp3) is 0.250. The molecular formula is C20H18F3N3O6S. The van der Waals surface area contributed by atoms with Crippen LogP contribution in [0.2, 0.25) is 0 Å². The molecule has 3 aromatic rings. The van der Waals surface area contributed by atoms with Crippen LogP contribution >= 0.6 is 0 Å². The number of hydrogen-bond donors (Lipinski definition) is 1. The summed E-state index contributed by atoms with van der Waals surface area (Å²) >= 11 is 0. The van der Waals surface area contributed by atoms with Gasteiger partial charge in [0.2, 0.25) is 21.5 Å². The highest BCUT2D eigenvalue weighted by atomic mass is 32.2. The molecule has 1 aliphatic heterocycles. The molecule has 0 saturated carbocycles. The molecule has 1 aliphatic rings. The summed E-state index contributed by atoms with van der Waals surface area (Å²) in [6.45, 7) is -0.231. The Morgan fingerprint density at radius 1 is 1.06 bits per heavy atom. The molecule has 0 unspecified atom stereocenters. The standard InChI is InChI=1S/C20H18F3N3O6S/c1-29-14-8-12-13(16(30-2)17(14)31-3)9-32-18-15(12)26(25-19(18)20(21,22)23)10-4-6-11(7-5-10)33(24,27)28/h4-8H,9H2,1-3H3,(H2,24,27,28).